The molecule has 1 heterocycles. The molecule has 2 rings (SSSR count). The molecular formula is C13H11ClFNO. The minimum atomic E-state index is -1.00. The number of halogens is 2. The third-order valence-electron chi connectivity index (χ3n) is 2.62. The van der Waals surface area contributed by atoms with Crippen LogP contribution in [0, 0.1) is 12.7 Å². The Kier molecular flexibility index (Phi) is 3.41. The predicted molar refractivity (Wildman–Crippen MR) is 64.4 cm³/mol. The van der Waals surface area contributed by atoms with Gasteiger partial charge < -0.3 is 5.11 Å². The molecule has 0 amide bonds. The van der Waals surface area contributed by atoms with E-state index in [1.807, 2.05) is 6.92 Å². The fourth-order valence-electron chi connectivity index (χ4n) is 1.68. The number of hydrogen-bond acceptors (Lipinski definition) is 2. The van der Waals surface area contributed by atoms with E-state index in [0.29, 0.717) is 10.6 Å². The SMILES string of the molecule is Cc1cnccc1C(O)c1ccc(Cl)cc1F. The van der Waals surface area contributed by atoms with E-state index in [0.717, 1.165) is 5.56 Å². The zero-order valence-electron chi connectivity index (χ0n) is 9.19. The number of nitrogens with zero attached hydrogens (tertiary/aromatic N) is 1. The summed E-state index contributed by atoms with van der Waals surface area (Å²) < 4.78 is 13.7. The standard InChI is InChI=1S/C13H11ClFNO/c1-8-7-16-5-4-10(8)13(17)11-3-2-9(14)6-12(11)15/h2-7,13,17H,1H3. The Morgan fingerprint density at radius 2 is 2.06 bits per heavy atom. The molecule has 0 fully saturated rings. The number of aromatic nitrogens is 1. The summed E-state index contributed by atoms with van der Waals surface area (Å²) in [4.78, 5) is 3.93. The summed E-state index contributed by atoms with van der Waals surface area (Å²) in [5.41, 5.74) is 1.67. The highest BCUT2D eigenvalue weighted by molar-refractivity contribution is 6.30. The van der Waals surface area contributed by atoms with Gasteiger partial charge in [-0.2, -0.15) is 0 Å². The van der Waals surface area contributed by atoms with Crippen LogP contribution in [0.3, 0.4) is 0 Å². The maximum Gasteiger partial charge on any atom is 0.130 e. The number of aliphatic hydroxyl groups is 1. The van der Waals surface area contributed by atoms with Gasteiger partial charge in [0.25, 0.3) is 0 Å². The van der Waals surface area contributed by atoms with Crippen molar-refractivity contribution in [3.05, 3.63) is 64.2 Å². The molecule has 1 atom stereocenters. The largest absolute Gasteiger partial charge is 0.384 e. The van der Waals surface area contributed by atoms with Gasteiger partial charge in [0.05, 0.1) is 0 Å². The van der Waals surface area contributed by atoms with Gasteiger partial charge in [-0.3, -0.25) is 4.98 Å². The first kappa shape index (κ1) is 12.0. The molecule has 0 aliphatic carbocycles. The van der Waals surface area contributed by atoms with Gasteiger partial charge in [-0.15, -0.1) is 0 Å². The highest BCUT2D eigenvalue weighted by atomic mass is 35.5. The van der Waals surface area contributed by atoms with Crippen LogP contribution in [0.2, 0.25) is 5.02 Å². The van der Waals surface area contributed by atoms with E-state index in [9.17, 15) is 9.50 Å². The highest BCUT2D eigenvalue weighted by Crippen LogP contribution is 2.27. The van der Waals surface area contributed by atoms with Gasteiger partial charge in [-0.05, 0) is 36.2 Å². The molecule has 4 heteroatoms. The molecule has 0 bridgehead atoms. The average Bonchev–Trinajstić information content (AvgIpc) is 2.29. The van der Waals surface area contributed by atoms with Crippen molar-refractivity contribution >= 4 is 11.6 Å². The number of rotatable bonds is 2. The molecule has 0 saturated carbocycles. The third-order valence-corrected chi connectivity index (χ3v) is 2.85. The molecule has 1 N–H and O–H groups in total. The molecular weight excluding hydrogens is 241 g/mol. The summed E-state index contributed by atoms with van der Waals surface area (Å²) in [5.74, 6) is -0.513. The second kappa shape index (κ2) is 4.82. The first-order chi connectivity index (χ1) is 8.09. The molecule has 1 unspecified atom stereocenters. The van der Waals surface area contributed by atoms with E-state index in [1.165, 1.54) is 12.1 Å². The van der Waals surface area contributed by atoms with Gasteiger partial charge in [-0.25, -0.2) is 4.39 Å². The van der Waals surface area contributed by atoms with Gasteiger partial charge in [0.2, 0.25) is 0 Å². The van der Waals surface area contributed by atoms with Crippen molar-refractivity contribution in [2.75, 3.05) is 0 Å². The quantitative estimate of drug-likeness (QED) is 0.889. The van der Waals surface area contributed by atoms with E-state index >= 15 is 0 Å². The van der Waals surface area contributed by atoms with E-state index in [2.05, 4.69) is 4.98 Å². The fraction of sp³-hybridized carbons (Fsp3) is 0.154. The summed E-state index contributed by atoms with van der Waals surface area (Å²) in [6.45, 7) is 1.82. The molecule has 0 saturated heterocycles. The van der Waals surface area contributed by atoms with Gasteiger partial charge in [0, 0.05) is 23.0 Å². The normalized spacial score (nSPS) is 12.5. The van der Waals surface area contributed by atoms with E-state index in [-0.39, 0.29) is 5.56 Å². The first-order valence-electron chi connectivity index (χ1n) is 5.13. The second-order valence-electron chi connectivity index (χ2n) is 3.80. The van der Waals surface area contributed by atoms with E-state index in [4.69, 9.17) is 11.6 Å². The van der Waals surface area contributed by atoms with Crippen LogP contribution in [0.5, 0.6) is 0 Å². The molecule has 2 nitrogen and oxygen atoms in total. The summed E-state index contributed by atoms with van der Waals surface area (Å²) in [6.07, 6.45) is 2.20. The van der Waals surface area contributed by atoms with Crippen molar-refractivity contribution in [2.45, 2.75) is 13.0 Å². The average molecular weight is 252 g/mol. The summed E-state index contributed by atoms with van der Waals surface area (Å²) in [7, 11) is 0. The zero-order valence-corrected chi connectivity index (χ0v) is 9.95. The van der Waals surface area contributed by atoms with E-state index < -0.39 is 11.9 Å². The predicted octanol–water partition coefficient (Wildman–Crippen LogP) is 3.26. The molecule has 0 spiro atoms. The van der Waals surface area contributed by atoms with Crippen molar-refractivity contribution < 1.29 is 9.50 Å². The Morgan fingerprint density at radius 1 is 1.29 bits per heavy atom. The number of pyridine rings is 1. The summed E-state index contributed by atoms with van der Waals surface area (Å²) in [5, 5.41) is 10.4. The fourth-order valence-corrected chi connectivity index (χ4v) is 1.84. The van der Waals surface area contributed by atoms with Gasteiger partial charge in [0.15, 0.2) is 0 Å². The number of aliphatic hydroxyl groups excluding tert-OH is 1. The molecule has 1 aromatic carbocycles. The van der Waals surface area contributed by atoms with Crippen LogP contribution in [0.15, 0.2) is 36.7 Å². The lowest BCUT2D eigenvalue weighted by Gasteiger charge is -2.14. The monoisotopic (exact) mass is 251 g/mol. The highest BCUT2D eigenvalue weighted by Gasteiger charge is 2.16. The van der Waals surface area contributed by atoms with Crippen LogP contribution >= 0.6 is 11.6 Å². The molecule has 2 aromatic rings. The topological polar surface area (TPSA) is 33.1 Å². The van der Waals surface area contributed by atoms with Crippen LogP contribution < -0.4 is 0 Å². The minimum Gasteiger partial charge on any atom is -0.384 e. The Balaban J connectivity index is 2.44. The van der Waals surface area contributed by atoms with Crippen molar-refractivity contribution in [1.82, 2.24) is 4.98 Å². The minimum absolute atomic E-state index is 0.212. The number of hydrogen-bond donors (Lipinski definition) is 1. The van der Waals surface area contributed by atoms with Crippen molar-refractivity contribution in [3.8, 4) is 0 Å². The zero-order chi connectivity index (χ0) is 12.4. The smallest absolute Gasteiger partial charge is 0.130 e. The number of aryl methyl sites for hydroxylation is 1. The van der Waals surface area contributed by atoms with Crippen LogP contribution in [-0.4, -0.2) is 10.1 Å². The Hall–Kier alpha value is -1.45. The molecule has 17 heavy (non-hydrogen) atoms. The van der Waals surface area contributed by atoms with Crippen molar-refractivity contribution in [2.24, 2.45) is 0 Å². The molecule has 0 radical (unpaired) electrons. The lowest BCUT2D eigenvalue weighted by molar-refractivity contribution is 0.214. The van der Waals surface area contributed by atoms with Crippen LogP contribution in [0.1, 0.15) is 22.8 Å². The van der Waals surface area contributed by atoms with Crippen LogP contribution in [0.4, 0.5) is 4.39 Å². The second-order valence-corrected chi connectivity index (χ2v) is 4.24. The van der Waals surface area contributed by atoms with E-state index in [1.54, 1.807) is 24.5 Å². The Bertz CT molecular complexity index is 545. The molecule has 0 aliphatic heterocycles. The van der Waals surface area contributed by atoms with Gasteiger partial charge in [0.1, 0.15) is 11.9 Å². The lowest BCUT2D eigenvalue weighted by Crippen LogP contribution is -2.04. The lowest BCUT2D eigenvalue weighted by atomic mass is 9.99. The maximum atomic E-state index is 13.7. The van der Waals surface area contributed by atoms with Crippen LogP contribution in [0.25, 0.3) is 0 Å². The Morgan fingerprint density at radius 3 is 2.71 bits per heavy atom. The number of benzene rings is 1. The maximum absolute atomic E-state index is 13.7. The third kappa shape index (κ3) is 2.46. The summed E-state index contributed by atoms with van der Waals surface area (Å²) in [6, 6.07) is 5.91. The molecule has 1 aromatic heterocycles. The van der Waals surface area contributed by atoms with Gasteiger partial charge in [-0.1, -0.05) is 17.7 Å². The molecule has 88 valence electrons. The Labute approximate surface area is 104 Å². The van der Waals surface area contributed by atoms with Crippen LogP contribution in [-0.2, 0) is 0 Å². The summed E-state index contributed by atoms with van der Waals surface area (Å²) >= 11 is 5.67. The first-order valence-corrected chi connectivity index (χ1v) is 5.51. The molecule has 0 aliphatic rings. The van der Waals surface area contributed by atoms with Crippen molar-refractivity contribution in [3.63, 3.8) is 0 Å². The van der Waals surface area contributed by atoms with Gasteiger partial charge >= 0.3 is 0 Å². The van der Waals surface area contributed by atoms with Crippen molar-refractivity contribution in [1.29, 1.82) is 0 Å².